The fourth-order valence-electron chi connectivity index (χ4n) is 1.89. The van der Waals surface area contributed by atoms with Crippen molar-refractivity contribution in [2.75, 3.05) is 24.3 Å². The molecule has 0 aliphatic heterocycles. The van der Waals surface area contributed by atoms with E-state index in [1.165, 1.54) is 0 Å². The lowest BCUT2D eigenvalue weighted by molar-refractivity contribution is 0.848. The number of nitrogens with one attached hydrogen (secondary N) is 1. The Labute approximate surface area is 113 Å². The van der Waals surface area contributed by atoms with Crippen molar-refractivity contribution < 1.29 is 0 Å². The Kier molecular flexibility index (Phi) is 3.94. The van der Waals surface area contributed by atoms with Gasteiger partial charge in [-0.05, 0) is 26.0 Å². The molecule has 2 aromatic heterocycles. The van der Waals surface area contributed by atoms with Crippen LogP contribution in [0.5, 0.6) is 0 Å². The van der Waals surface area contributed by atoms with Crippen molar-refractivity contribution in [2.45, 2.75) is 20.4 Å². The zero-order valence-electron chi connectivity index (χ0n) is 11.8. The van der Waals surface area contributed by atoms with Gasteiger partial charge in [0, 0.05) is 25.9 Å². The predicted molar refractivity (Wildman–Crippen MR) is 77.4 cm³/mol. The number of anilines is 2. The van der Waals surface area contributed by atoms with Crippen molar-refractivity contribution in [3.05, 3.63) is 41.5 Å². The lowest BCUT2D eigenvalue weighted by Gasteiger charge is -2.19. The predicted octanol–water partition coefficient (Wildman–Crippen LogP) is 2.17. The van der Waals surface area contributed by atoms with E-state index >= 15 is 0 Å². The molecule has 2 heterocycles. The van der Waals surface area contributed by atoms with Crippen LogP contribution in [0.3, 0.4) is 0 Å². The number of pyridine rings is 1. The van der Waals surface area contributed by atoms with Crippen LogP contribution in [0.15, 0.2) is 24.3 Å². The number of hydrogen-bond donors (Lipinski definition) is 1. The maximum Gasteiger partial charge on any atom is 0.134 e. The van der Waals surface area contributed by atoms with Crippen molar-refractivity contribution >= 4 is 11.6 Å². The third-order valence-corrected chi connectivity index (χ3v) is 2.82. The van der Waals surface area contributed by atoms with Crippen LogP contribution in [0.2, 0.25) is 0 Å². The molecule has 0 saturated heterocycles. The van der Waals surface area contributed by atoms with Crippen molar-refractivity contribution in [3.8, 4) is 0 Å². The van der Waals surface area contributed by atoms with Gasteiger partial charge in [-0.2, -0.15) is 0 Å². The standard InChI is InChI=1S/C14H19N5/c1-10-6-5-7-12(16-10)9-19(4)14-8-13(15-3)17-11(2)18-14/h5-8H,9H2,1-4H3,(H,15,17,18). The smallest absolute Gasteiger partial charge is 0.134 e. The van der Waals surface area contributed by atoms with Crippen LogP contribution in [0, 0.1) is 13.8 Å². The van der Waals surface area contributed by atoms with Crippen LogP contribution in [0.1, 0.15) is 17.2 Å². The van der Waals surface area contributed by atoms with Crippen molar-refractivity contribution in [1.29, 1.82) is 0 Å². The Morgan fingerprint density at radius 3 is 2.63 bits per heavy atom. The Balaban J connectivity index is 2.20. The van der Waals surface area contributed by atoms with Crippen molar-refractivity contribution in [3.63, 3.8) is 0 Å². The molecule has 2 aromatic rings. The monoisotopic (exact) mass is 257 g/mol. The van der Waals surface area contributed by atoms with Crippen LogP contribution in [-0.2, 0) is 6.54 Å². The van der Waals surface area contributed by atoms with Gasteiger partial charge < -0.3 is 10.2 Å². The summed E-state index contributed by atoms with van der Waals surface area (Å²) in [5, 5.41) is 3.04. The van der Waals surface area contributed by atoms with Gasteiger partial charge in [0.05, 0.1) is 12.2 Å². The molecule has 100 valence electrons. The second kappa shape index (κ2) is 5.65. The molecule has 0 atom stereocenters. The van der Waals surface area contributed by atoms with Crippen LogP contribution >= 0.6 is 0 Å². The van der Waals surface area contributed by atoms with Gasteiger partial charge in [0.1, 0.15) is 17.5 Å². The highest BCUT2D eigenvalue weighted by Gasteiger charge is 2.07. The molecule has 0 radical (unpaired) electrons. The molecule has 5 heteroatoms. The van der Waals surface area contributed by atoms with Crippen molar-refractivity contribution in [2.24, 2.45) is 0 Å². The second-order valence-electron chi connectivity index (χ2n) is 4.53. The molecule has 0 aliphatic carbocycles. The van der Waals surface area contributed by atoms with E-state index in [2.05, 4.69) is 25.2 Å². The normalized spacial score (nSPS) is 10.3. The molecule has 2 rings (SSSR count). The molecule has 0 bridgehead atoms. The van der Waals surface area contributed by atoms with Crippen molar-refractivity contribution in [1.82, 2.24) is 15.0 Å². The zero-order chi connectivity index (χ0) is 13.8. The van der Waals surface area contributed by atoms with Gasteiger partial charge in [-0.1, -0.05) is 6.07 Å². The summed E-state index contributed by atoms with van der Waals surface area (Å²) < 4.78 is 0. The zero-order valence-corrected chi connectivity index (χ0v) is 11.8. The lowest BCUT2D eigenvalue weighted by atomic mass is 10.3. The minimum absolute atomic E-state index is 0.723. The number of hydrogen-bond acceptors (Lipinski definition) is 5. The molecular formula is C14H19N5. The van der Waals surface area contributed by atoms with Gasteiger partial charge in [0.2, 0.25) is 0 Å². The van der Waals surface area contributed by atoms with E-state index in [-0.39, 0.29) is 0 Å². The minimum atomic E-state index is 0.723. The first-order valence-electron chi connectivity index (χ1n) is 6.25. The fourth-order valence-corrected chi connectivity index (χ4v) is 1.89. The van der Waals surface area contributed by atoms with E-state index in [1.54, 1.807) is 0 Å². The maximum atomic E-state index is 4.50. The van der Waals surface area contributed by atoms with E-state index in [0.717, 1.165) is 35.4 Å². The minimum Gasteiger partial charge on any atom is -0.373 e. The van der Waals surface area contributed by atoms with Gasteiger partial charge in [0.15, 0.2) is 0 Å². The quantitative estimate of drug-likeness (QED) is 0.909. The highest BCUT2D eigenvalue weighted by atomic mass is 15.2. The average molecular weight is 257 g/mol. The number of aromatic nitrogens is 3. The van der Waals surface area contributed by atoms with Gasteiger partial charge >= 0.3 is 0 Å². The van der Waals surface area contributed by atoms with E-state index < -0.39 is 0 Å². The van der Waals surface area contributed by atoms with Crippen LogP contribution in [0.25, 0.3) is 0 Å². The molecule has 0 aromatic carbocycles. The van der Waals surface area contributed by atoms with E-state index in [4.69, 9.17) is 0 Å². The van der Waals surface area contributed by atoms with E-state index in [0.29, 0.717) is 0 Å². The van der Waals surface area contributed by atoms with Gasteiger partial charge in [-0.25, -0.2) is 9.97 Å². The molecule has 1 N–H and O–H groups in total. The first-order valence-corrected chi connectivity index (χ1v) is 6.25. The van der Waals surface area contributed by atoms with Gasteiger partial charge in [-0.15, -0.1) is 0 Å². The summed E-state index contributed by atoms with van der Waals surface area (Å²) in [5.74, 6) is 2.47. The third-order valence-electron chi connectivity index (χ3n) is 2.82. The summed E-state index contributed by atoms with van der Waals surface area (Å²) >= 11 is 0. The first-order chi connectivity index (χ1) is 9.08. The van der Waals surface area contributed by atoms with Crippen LogP contribution in [-0.4, -0.2) is 29.0 Å². The Morgan fingerprint density at radius 2 is 1.95 bits per heavy atom. The summed E-state index contributed by atoms with van der Waals surface area (Å²) in [7, 11) is 3.86. The second-order valence-corrected chi connectivity index (χ2v) is 4.53. The Bertz CT molecular complexity index is 568. The molecule has 0 saturated carbocycles. The molecule has 0 amide bonds. The molecule has 0 unspecified atom stereocenters. The lowest BCUT2D eigenvalue weighted by Crippen LogP contribution is -2.19. The fraction of sp³-hybridized carbons (Fsp3) is 0.357. The Morgan fingerprint density at radius 1 is 1.16 bits per heavy atom. The summed E-state index contributed by atoms with van der Waals surface area (Å²) in [6.45, 7) is 4.61. The molecule has 0 spiro atoms. The molecule has 5 nitrogen and oxygen atoms in total. The largest absolute Gasteiger partial charge is 0.373 e. The summed E-state index contributed by atoms with van der Waals surface area (Å²) in [6.07, 6.45) is 0. The summed E-state index contributed by atoms with van der Waals surface area (Å²) in [5.41, 5.74) is 2.06. The SMILES string of the molecule is CNc1cc(N(C)Cc2cccc(C)n2)nc(C)n1. The maximum absolute atomic E-state index is 4.50. The number of aryl methyl sites for hydroxylation is 2. The van der Waals surface area contributed by atoms with Crippen LogP contribution in [0.4, 0.5) is 11.6 Å². The first kappa shape index (κ1) is 13.3. The van der Waals surface area contributed by atoms with E-state index in [1.807, 2.05) is 52.2 Å². The van der Waals surface area contributed by atoms with Gasteiger partial charge in [0.25, 0.3) is 0 Å². The highest BCUT2D eigenvalue weighted by molar-refractivity contribution is 5.48. The Hall–Kier alpha value is -2.17. The topological polar surface area (TPSA) is 53.9 Å². The molecular weight excluding hydrogens is 238 g/mol. The average Bonchev–Trinajstić information content (AvgIpc) is 2.38. The molecule has 0 aliphatic rings. The number of nitrogens with zero attached hydrogens (tertiary/aromatic N) is 4. The van der Waals surface area contributed by atoms with Crippen LogP contribution < -0.4 is 10.2 Å². The molecule has 0 fully saturated rings. The summed E-state index contributed by atoms with van der Waals surface area (Å²) in [6, 6.07) is 7.98. The summed E-state index contributed by atoms with van der Waals surface area (Å²) in [4.78, 5) is 15.3. The number of rotatable bonds is 4. The third kappa shape index (κ3) is 3.40. The van der Waals surface area contributed by atoms with Gasteiger partial charge in [-0.3, -0.25) is 4.98 Å². The molecule has 19 heavy (non-hydrogen) atoms. The highest BCUT2D eigenvalue weighted by Crippen LogP contribution is 2.16. The van der Waals surface area contributed by atoms with E-state index in [9.17, 15) is 0 Å².